The topological polar surface area (TPSA) is 20.3 Å². The van der Waals surface area contributed by atoms with Crippen LogP contribution >= 0.6 is 0 Å². The van der Waals surface area contributed by atoms with E-state index < -0.39 is 5.54 Å². The van der Waals surface area contributed by atoms with Crippen LogP contribution in [0.3, 0.4) is 0 Å². The van der Waals surface area contributed by atoms with Gasteiger partial charge in [0.2, 0.25) is 0 Å². The van der Waals surface area contributed by atoms with Crippen molar-refractivity contribution in [2.75, 3.05) is 4.90 Å². The Balaban J connectivity index is 2.04. The summed E-state index contributed by atoms with van der Waals surface area (Å²) < 4.78 is 0. The molecule has 0 bridgehead atoms. The summed E-state index contributed by atoms with van der Waals surface area (Å²) in [5, 5.41) is 0. The Morgan fingerprint density at radius 2 is 1.67 bits per heavy atom. The quantitative estimate of drug-likeness (QED) is 0.698. The van der Waals surface area contributed by atoms with E-state index in [1.54, 1.807) is 0 Å². The lowest BCUT2D eigenvalue weighted by atomic mass is 9.91. The van der Waals surface area contributed by atoms with Crippen LogP contribution in [0.1, 0.15) is 22.8 Å². The number of carbonyl (C=O) groups excluding carboxylic acids is 1. The number of carbonyl (C=O) groups is 1. The van der Waals surface area contributed by atoms with Gasteiger partial charge < -0.3 is 4.90 Å². The van der Waals surface area contributed by atoms with E-state index in [1.807, 2.05) is 36.4 Å². The molecule has 2 heterocycles. The Bertz CT molecular complexity index is 676. The van der Waals surface area contributed by atoms with Crippen LogP contribution in [0.5, 0.6) is 0 Å². The molecule has 0 saturated carbocycles. The van der Waals surface area contributed by atoms with E-state index in [-0.39, 0.29) is 5.78 Å². The van der Waals surface area contributed by atoms with E-state index in [0.29, 0.717) is 0 Å². The summed E-state index contributed by atoms with van der Waals surface area (Å²) >= 11 is 0. The van der Waals surface area contributed by atoms with E-state index in [1.165, 1.54) is 11.3 Å². The summed E-state index contributed by atoms with van der Waals surface area (Å²) in [6.07, 6.45) is 0.802. The first-order valence-electron chi connectivity index (χ1n) is 6.24. The number of para-hydroxylation sites is 2. The zero-order chi connectivity index (χ0) is 12.3. The molecule has 18 heavy (non-hydrogen) atoms. The second-order valence-corrected chi connectivity index (χ2v) is 5.26. The van der Waals surface area contributed by atoms with Gasteiger partial charge in [-0.1, -0.05) is 30.3 Å². The van der Waals surface area contributed by atoms with Gasteiger partial charge in [0.25, 0.3) is 0 Å². The van der Waals surface area contributed by atoms with Gasteiger partial charge in [0.05, 0.1) is 5.69 Å². The molecule has 4 rings (SSSR count). The lowest BCUT2D eigenvalue weighted by Crippen LogP contribution is -2.42. The number of hydrogen-bond donors (Lipinski definition) is 0. The molecule has 1 atom stereocenters. The molecule has 0 aliphatic carbocycles. The first-order chi connectivity index (χ1) is 8.72. The third kappa shape index (κ3) is 0.969. The fourth-order valence-corrected chi connectivity index (χ4v) is 3.32. The zero-order valence-corrected chi connectivity index (χ0v) is 10.2. The molecule has 2 nitrogen and oxygen atoms in total. The highest BCUT2D eigenvalue weighted by molar-refractivity contribution is 6.17. The normalized spacial score (nSPS) is 23.8. The number of Topliss-reactive ketones (excluding diaryl/α,β-unsaturated/α-hetero) is 1. The van der Waals surface area contributed by atoms with Gasteiger partial charge in [-0.05, 0) is 30.7 Å². The average Bonchev–Trinajstić information content (AvgIpc) is 2.81. The second kappa shape index (κ2) is 3.02. The standard InChI is InChI=1S/C16H13NO/c1-16-10-11-6-2-4-8-13(11)17(16)14-9-5-3-7-12(14)15(16)18/h2-9H,10H2,1H3. The molecule has 2 aliphatic heterocycles. The Labute approximate surface area is 106 Å². The van der Waals surface area contributed by atoms with Gasteiger partial charge in [-0.3, -0.25) is 4.79 Å². The van der Waals surface area contributed by atoms with Crippen molar-refractivity contribution in [2.45, 2.75) is 18.9 Å². The summed E-state index contributed by atoms with van der Waals surface area (Å²) in [5.74, 6) is 0.245. The molecule has 0 aromatic heterocycles. The molecule has 88 valence electrons. The molecular formula is C16H13NO. The Hall–Kier alpha value is -2.09. The minimum absolute atomic E-state index is 0.245. The average molecular weight is 235 g/mol. The molecule has 2 heteroatoms. The van der Waals surface area contributed by atoms with Crippen molar-refractivity contribution >= 4 is 17.2 Å². The predicted molar refractivity (Wildman–Crippen MR) is 71.5 cm³/mol. The van der Waals surface area contributed by atoms with Crippen molar-refractivity contribution in [1.82, 2.24) is 0 Å². The number of nitrogens with zero attached hydrogens (tertiary/aromatic N) is 1. The summed E-state index contributed by atoms with van der Waals surface area (Å²) in [7, 11) is 0. The van der Waals surface area contributed by atoms with Gasteiger partial charge in [0, 0.05) is 17.7 Å². The van der Waals surface area contributed by atoms with Crippen molar-refractivity contribution < 1.29 is 4.79 Å². The molecular weight excluding hydrogens is 222 g/mol. The Kier molecular flexibility index (Phi) is 1.66. The summed E-state index contributed by atoms with van der Waals surface area (Å²) in [5.41, 5.74) is 3.93. The highest BCUT2D eigenvalue weighted by atomic mass is 16.1. The number of anilines is 2. The van der Waals surface area contributed by atoms with Crippen LogP contribution in [0.15, 0.2) is 48.5 Å². The lowest BCUT2D eigenvalue weighted by molar-refractivity contribution is 0.0923. The van der Waals surface area contributed by atoms with Crippen molar-refractivity contribution in [3.05, 3.63) is 59.7 Å². The predicted octanol–water partition coefficient (Wildman–Crippen LogP) is 3.34. The number of benzene rings is 2. The number of ketones is 1. The minimum atomic E-state index is -0.423. The van der Waals surface area contributed by atoms with E-state index in [0.717, 1.165) is 17.7 Å². The smallest absolute Gasteiger partial charge is 0.190 e. The molecule has 1 unspecified atom stereocenters. The van der Waals surface area contributed by atoms with E-state index in [9.17, 15) is 4.79 Å². The lowest BCUT2D eigenvalue weighted by Gasteiger charge is -2.28. The maximum Gasteiger partial charge on any atom is 0.190 e. The van der Waals surface area contributed by atoms with Crippen molar-refractivity contribution in [3.63, 3.8) is 0 Å². The van der Waals surface area contributed by atoms with Gasteiger partial charge >= 0.3 is 0 Å². The van der Waals surface area contributed by atoms with Crippen LogP contribution in [0, 0.1) is 0 Å². The number of fused-ring (bicyclic) bond motifs is 5. The first kappa shape index (κ1) is 9.89. The highest BCUT2D eigenvalue weighted by Crippen LogP contribution is 2.51. The highest BCUT2D eigenvalue weighted by Gasteiger charge is 2.52. The van der Waals surface area contributed by atoms with E-state index >= 15 is 0 Å². The summed E-state index contributed by atoms with van der Waals surface area (Å²) in [4.78, 5) is 14.8. The van der Waals surface area contributed by atoms with Crippen LogP contribution < -0.4 is 4.90 Å². The maximum atomic E-state index is 12.6. The molecule has 2 aromatic carbocycles. The van der Waals surface area contributed by atoms with Crippen molar-refractivity contribution in [2.24, 2.45) is 0 Å². The van der Waals surface area contributed by atoms with Gasteiger partial charge in [-0.2, -0.15) is 0 Å². The number of rotatable bonds is 0. The zero-order valence-electron chi connectivity index (χ0n) is 10.2. The van der Waals surface area contributed by atoms with E-state index in [4.69, 9.17) is 0 Å². The molecule has 0 N–H and O–H groups in total. The van der Waals surface area contributed by atoms with Crippen molar-refractivity contribution in [3.8, 4) is 0 Å². The summed E-state index contributed by atoms with van der Waals surface area (Å²) in [6, 6.07) is 16.2. The molecule has 0 spiro atoms. The molecule has 0 fully saturated rings. The van der Waals surface area contributed by atoms with Crippen LogP contribution in [-0.2, 0) is 6.42 Å². The fraction of sp³-hybridized carbons (Fsp3) is 0.188. The monoisotopic (exact) mass is 235 g/mol. The molecule has 0 radical (unpaired) electrons. The number of hydrogen-bond acceptors (Lipinski definition) is 2. The largest absolute Gasteiger partial charge is 0.327 e. The summed E-state index contributed by atoms with van der Waals surface area (Å²) in [6.45, 7) is 2.05. The van der Waals surface area contributed by atoms with Crippen LogP contribution in [0.4, 0.5) is 11.4 Å². The first-order valence-corrected chi connectivity index (χ1v) is 6.24. The van der Waals surface area contributed by atoms with Crippen LogP contribution in [0.2, 0.25) is 0 Å². The minimum Gasteiger partial charge on any atom is -0.327 e. The van der Waals surface area contributed by atoms with Crippen LogP contribution in [-0.4, -0.2) is 11.3 Å². The van der Waals surface area contributed by atoms with Gasteiger partial charge in [-0.15, -0.1) is 0 Å². The van der Waals surface area contributed by atoms with Crippen molar-refractivity contribution in [1.29, 1.82) is 0 Å². The van der Waals surface area contributed by atoms with Crippen LogP contribution in [0.25, 0.3) is 0 Å². The SMILES string of the molecule is CC12Cc3ccccc3N1c1ccccc1C2=O. The molecule has 0 amide bonds. The maximum absolute atomic E-state index is 12.6. The molecule has 0 saturated heterocycles. The fourth-order valence-electron chi connectivity index (χ4n) is 3.32. The van der Waals surface area contributed by atoms with Gasteiger partial charge in [0.1, 0.15) is 5.54 Å². The molecule has 2 aromatic rings. The van der Waals surface area contributed by atoms with Gasteiger partial charge in [-0.25, -0.2) is 0 Å². The Morgan fingerprint density at radius 3 is 2.50 bits per heavy atom. The molecule has 2 aliphatic rings. The third-order valence-electron chi connectivity index (χ3n) is 4.14. The van der Waals surface area contributed by atoms with E-state index in [2.05, 4.69) is 24.0 Å². The second-order valence-electron chi connectivity index (χ2n) is 5.26. The Morgan fingerprint density at radius 1 is 1.00 bits per heavy atom. The van der Waals surface area contributed by atoms with Gasteiger partial charge in [0.15, 0.2) is 5.78 Å². The third-order valence-corrected chi connectivity index (χ3v) is 4.14.